The molecule has 17 heavy (non-hydrogen) atoms. The van der Waals surface area contributed by atoms with Gasteiger partial charge in [0.1, 0.15) is 6.10 Å². The Balaban J connectivity index is 1.94. The van der Waals surface area contributed by atoms with Gasteiger partial charge in [0.2, 0.25) is 0 Å². The lowest BCUT2D eigenvalue weighted by atomic mass is 10.1. The van der Waals surface area contributed by atoms with Gasteiger partial charge in [-0.2, -0.15) is 0 Å². The van der Waals surface area contributed by atoms with Crippen LogP contribution in [-0.4, -0.2) is 41.6 Å². The van der Waals surface area contributed by atoms with Crippen molar-refractivity contribution in [3.8, 4) is 0 Å². The van der Waals surface area contributed by atoms with Crippen molar-refractivity contribution < 1.29 is 9.94 Å². The van der Waals surface area contributed by atoms with Gasteiger partial charge in [-0.1, -0.05) is 35.5 Å². The topological polar surface area (TPSA) is 45.1 Å². The largest absolute Gasteiger partial charge is 0.411 e. The molecule has 0 aromatic heterocycles. The van der Waals surface area contributed by atoms with Crippen molar-refractivity contribution in [2.45, 2.75) is 19.6 Å². The first-order valence-corrected chi connectivity index (χ1v) is 5.86. The second kappa shape index (κ2) is 5.80. The van der Waals surface area contributed by atoms with Crippen molar-refractivity contribution in [3.63, 3.8) is 0 Å². The molecule has 1 heterocycles. The Labute approximate surface area is 101 Å². The first-order chi connectivity index (χ1) is 8.29. The monoisotopic (exact) mass is 234 g/mol. The highest BCUT2D eigenvalue weighted by molar-refractivity contribution is 5.86. The van der Waals surface area contributed by atoms with Crippen LogP contribution in [0.15, 0.2) is 35.5 Å². The molecule has 1 aromatic rings. The molecule has 0 aliphatic carbocycles. The lowest BCUT2D eigenvalue weighted by molar-refractivity contribution is 0.00175. The maximum atomic E-state index is 8.75. The summed E-state index contributed by atoms with van der Waals surface area (Å²) in [4.78, 5) is 2.32. The number of nitrogens with zero attached hydrogens (tertiary/aromatic N) is 2. The van der Waals surface area contributed by atoms with Crippen LogP contribution < -0.4 is 0 Å². The lowest BCUT2D eigenvalue weighted by Crippen LogP contribution is -2.44. The minimum atomic E-state index is -0.0857. The maximum Gasteiger partial charge on any atom is 0.111 e. The molecule has 0 bridgehead atoms. The van der Waals surface area contributed by atoms with Crippen molar-refractivity contribution in [2.75, 3.05) is 19.7 Å². The van der Waals surface area contributed by atoms with Crippen molar-refractivity contribution in [2.24, 2.45) is 5.16 Å². The number of morpholine rings is 1. The van der Waals surface area contributed by atoms with Gasteiger partial charge in [-0.15, -0.1) is 0 Å². The van der Waals surface area contributed by atoms with Crippen LogP contribution in [0, 0.1) is 0 Å². The lowest BCUT2D eigenvalue weighted by Gasteiger charge is -2.32. The van der Waals surface area contributed by atoms with E-state index in [4.69, 9.17) is 9.94 Å². The van der Waals surface area contributed by atoms with Crippen LogP contribution in [0.5, 0.6) is 0 Å². The van der Waals surface area contributed by atoms with E-state index in [0.717, 1.165) is 19.6 Å². The Morgan fingerprint density at radius 2 is 2.24 bits per heavy atom. The van der Waals surface area contributed by atoms with Gasteiger partial charge in [0.15, 0.2) is 0 Å². The van der Waals surface area contributed by atoms with E-state index >= 15 is 0 Å². The van der Waals surface area contributed by atoms with Crippen LogP contribution in [0.3, 0.4) is 0 Å². The molecule has 1 fully saturated rings. The van der Waals surface area contributed by atoms with Gasteiger partial charge in [0.05, 0.1) is 12.3 Å². The summed E-state index contributed by atoms with van der Waals surface area (Å²) in [5, 5.41) is 12.0. The fourth-order valence-corrected chi connectivity index (χ4v) is 2.00. The summed E-state index contributed by atoms with van der Waals surface area (Å²) in [6.07, 6.45) is -0.0857. The van der Waals surface area contributed by atoms with Crippen LogP contribution in [0.2, 0.25) is 0 Å². The Morgan fingerprint density at radius 1 is 1.47 bits per heavy atom. The quantitative estimate of drug-likeness (QED) is 0.492. The molecule has 4 heteroatoms. The van der Waals surface area contributed by atoms with Crippen LogP contribution in [0.4, 0.5) is 0 Å². The van der Waals surface area contributed by atoms with E-state index in [0.29, 0.717) is 12.3 Å². The molecule has 2 rings (SSSR count). The molecule has 1 saturated heterocycles. The molecular weight excluding hydrogens is 216 g/mol. The number of ether oxygens (including phenoxy) is 1. The fourth-order valence-electron chi connectivity index (χ4n) is 2.00. The van der Waals surface area contributed by atoms with Crippen molar-refractivity contribution >= 4 is 5.71 Å². The number of oxime groups is 1. The second-order valence-electron chi connectivity index (χ2n) is 4.32. The summed E-state index contributed by atoms with van der Waals surface area (Å²) < 4.78 is 5.57. The highest BCUT2D eigenvalue weighted by Gasteiger charge is 2.22. The zero-order valence-corrected chi connectivity index (χ0v) is 10.0. The third-order valence-electron chi connectivity index (χ3n) is 3.02. The molecule has 1 atom stereocenters. The molecule has 4 nitrogen and oxygen atoms in total. The van der Waals surface area contributed by atoms with Crippen molar-refractivity contribution in [3.05, 3.63) is 35.9 Å². The van der Waals surface area contributed by atoms with Crippen molar-refractivity contribution in [1.82, 2.24) is 4.90 Å². The summed E-state index contributed by atoms with van der Waals surface area (Å²) >= 11 is 0. The molecule has 92 valence electrons. The molecule has 1 aliphatic rings. The van der Waals surface area contributed by atoms with E-state index in [2.05, 4.69) is 22.2 Å². The van der Waals surface area contributed by atoms with Gasteiger partial charge < -0.3 is 9.94 Å². The second-order valence-corrected chi connectivity index (χ2v) is 4.32. The van der Waals surface area contributed by atoms with E-state index in [1.165, 1.54) is 5.56 Å². The van der Waals surface area contributed by atoms with Gasteiger partial charge in [-0.05, 0) is 12.5 Å². The Kier molecular flexibility index (Phi) is 4.12. The Hall–Kier alpha value is -1.39. The summed E-state index contributed by atoms with van der Waals surface area (Å²) in [5.74, 6) is 0. The van der Waals surface area contributed by atoms with E-state index in [1.807, 2.05) is 18.2 Å². The third-order valence-corrected chi connectivity index (χ3v) is 3.02. The Morgan fingerprint density at radius 3 is 2.94 bits per heavy atom. The van der Waals surface area contributed by atoms with Crippen LogP contribution in [0.25, 0.3) is 0 Å². The SMILES string of the molecule is C/C(=N\O)[C@@H]1CN(Cc2ccccc2)CCO1. The predicted octanol–water partition coefficient (Wildman–Crippen LogP) is 1.74. The van der Waals surface area contributed by atoms with Gasteiger partial charge >= 0.3 is 0 Å². The van der Waals surface area contributed by atoms with E-state index < -0.39 is 0 Å². The van der Waals surface area contributed by atoms with Gasteiger partial charge in [0.25, 0.3) is 0 Å². The summed E-state index contributed by atoms with van der Waals surface area (Å²) in [6.45, 7) is 5.09. The normalized spacial score (nSPS) is 22.6. The van der Waals surface area contributed by atoms with Crippen LogP contribution >= 0.6 is 0 Å². The summed E-state index contributed by atoms with van der Waals surface area (Å²) in [7, 11) is 0. The van der Waals surface area contributed by atoms with Crippen molar-refractivity contribution in [1.29, 1.82) is 0 Å². The Bertz CT molecular complexity index is 378. The minimum absolute atomic E-state index is 0.0857. The number of hydrogen-bond acceptors (Lipinski definition) is 4. The molecule has 0 amide bonds. The molecular formula is C13H18N2O2. The summed E-state index contributed by atoms with van der Waals surface area (Å²) in [6, 6.07) is 10.4. The van der Waals surface area contributed by atoms with E-state index in [1.54, 1.807) is 6.92 Å². The highest BCUT2D eigenvalue weighted by atomic mass is 16.5. The molecule has 1 aliphatic heterocycles. The average Bonchev–Trinajstić information content (AvgIpc) is 2.39. The number of hydrogen-bond donors (Lipinski definition) is 1. The first-order valence-electron chi connectivity index (χ1n) is 5.86. The van der Waals surface area contributed by atoms with Gasteiger partial charge in [-0.3, -0.25) is 4.90 Å². The zero-order chi connectivity index (χ0) is 12.1. The van der Waals surface area contributed by atoms with Crippen LogP contribution in [0.1, 0.15) is 12.5 Å². The number of benzene rings is 1. The molecule has 1 aromatic carbocycles. The highest BCUT2D eigenvalue weighted by Crippen LogP contribution is 2.11. The average molecular weight is 234 g/mol. The molecule has 0 saturated carbocycles. The van der Waals surface area contributed by atoms with Gasteiger partial charge in [0, 0.05) is 19.6 Å². The maximum absolute atomic E-state index is 8.75. The molecule has 1 N–H and O–H groups in total. The molecule has 0 unspecified atom stereocenters. The van der Waals surface area contributed by atoms with Gasteiger partial charge in [-0.25, -0.2) is 0 Å². The molecule has 0 spiro atoms. The van der Waals surface area contributed by atoms with E-state index in [-0.39, 0.29) is 6.10 Å². The fraction of sp³-hybridized carbons (Fsp3) is 0.462. The van der Waals surface area contributed by atoms with E-state index in [9.17, 15) is 0 Å². The minimum Gasteiger partial charge on any atom is -0.411 e. The standard InChI is InChI=1S/C13H18N2O2/c1-11(14-16)13-10-15(7-8-17-13)9-12-5-3-2-4-6-12/h2-6,13,16H,7-10H2,1H3/b14-11+/t13-/m0/s1. The molecule has 0 radical (unpaired) electrons. The number of rotatable bonds is 3. The summed E-state index contributed by atoms with van der Waals surface area (Å²) in [5.41, 5.74) is 1.94. The third kappa shape index (κ3) is 3.28. The van der Waals surface area contributed by atoms with Crippen LogP contribution in [-0.2, 0) is 11.3 Å². The smallest absolute Gasteiger partial charge is 0.111 e. The predicted molar refractivity (Wildman–Crippen MR) is 66.4 cm³/mol. The first kappa shape index (κ1) is 12.1. The zero-order valence-electron chi connectivity index (χ0n) is 10.0.